The van der Waals surface area contributed by atoms with E-state index in [2.05, 4.69) is 0 Å². The van der Waals surface area contributed by atoms with Gasteiger partial charge in [-0.2, -0.15) is 0 Å². The second-order valence-electron chi connectivity index (χ2n) is 2.30. The molecular formula is C6H14Cl2O3Si2. The highest BCUT2D eigenvalue weighted by molar-refractivity contribution is 6.70. The van der Waals surface area contributed by atoms with Crippen LogP contribution in [0.4, 0.5) is 0 Å². The molecular weight excluding hydrogens is 247 g/mol. The summed E-state index contributed by atoms with van der Waals surface area (Å²) in [5, 5.41) is 0. The number of alkyl halides is 2. The predicted octanol–water partition coefficient (Wildman–Crippen LogP) is 1.75. The molecule has 0 fully saturated rings. The number of rotatable bonds is 7. The molecule has 0 spiro atoms. The van der Waals surface area contributed by atoms with Gasteiger partial charge in [0, 0.05) is 27.4 Å². The zero-order valence-corrected chi connectivity index (χ0v) is 11.5. The van der Waals surface area contributed by atoms with Crippen LogP contribution >= 0.6 is 23.2 Å². The first-order chi connectivity index (χ1) is 6.10. The third kappa shape index (κ3) is 5.36. The molecule has 0 unspecified atom stereocenters. The van der Waals surface area contributed by atoms with Gasteiger partial charge < -0.3 is 13.3 Å². The van der Waals surface area contributed by atoms with Crippen molar-refractivity contribution in [1.29, 1.82) is 0 Å². The highest BCUT2D eigenvalue weighted by Gasteiger charge is 2.36. The van der Waals surface area contributed by atoms with Gasteiger partial charge in [0.05, 0.1) is 14.0 Å². The lowest BCUT2D eigenvalue weighted by atomic mass is 10.9. The maximum Gasteiger partial charge on any atom is 0.499 e. The van der Waals surface area contributed by atoms with Crippen molar-refractivity contribution >= 4 is 41.5 Å². The lowest BCUT2D eigenvalue weighted by molar-refractivity contribution is 0.125. The normalized spacial score (nSPS) is 12.5. The van der Waals surface area contributed by atoms with Crippen LogP contribution in [0.3, 0.4) is 0 Å². The summed E-state index contributed by atoms with van der Waals surface area (Å²) < 4.78 is 15.4. The van der Waals surface area contributed by atoms with Gasteiger partial charge in [0.1, 0.15) is 0 Å². The Labute approximate surface area is 92.8 Å². The minimum absolute atomic E-state index is 0.294. The maximum absolute atomic E-state index is 5.61. The quantitative estimate of drug-likeness (QED) is 0.516. The Kier molecular flexibility index (Phi) is 7.72. The molecule has 0 aliphatic heterocycles. The molecule has 0 aliphatic carbocycles. The summed E-state index contributed by atoms with van der Waals surface area (Å²) in [6, 6.07) is 1.63. The third-order valence-corrected chi connectivity index (χ3v) is 6.66. The highest BCUT2D eigenvalue weighted by Crippen LogP contribution is 2.16. The first kappa shape index (κ1) is 13.9. The van der Waals surface area contributed by atoms with Crippen molar-refractivity contribution in [2.75, 3.05) is 21.3 Å². The zero-order chi connectivity index (χ0) is 10.3. The Morgan fingerprint density at radius 3 is 1.92 bits per heavy atom. The third-order valence-electron chi connectivity index (χ3n) is 1.66. The Balaban J connectivity index is 3.81. The predicted molar refractivity (Wildman–Crippen MR) is 57.6 cm³/mol. The van der Waals surface area contributed by atoms with Gasteiger partial charge in [0.25, 0.3) is 0 Å². The van der Waals surface area contributed by atoms with E-state index in [4.69, 9.17) is 36.5 Å². The average Bonchev–Trinajstić information content (AvgIpc) is 2.13. The van der Waals surface area contributed by atoms with Gasteiger partial charge in [-0.15, -0.1) is 23.2 Å². The fourth-order valence-electron chi connectivity index (χ4n) is 0.891. The molecule has 0 saturated heterocycles. The number of halogens is 2. The van der Waals surface area contributed by atoms with Crippen molar-refractivity contribution in [2.24, 2.45) is 0 Å². The number of hydrogen-bond donors (Lipinski definition) is 0. The van der Waals surface area contributed by atoms with Crippen molar-refractivity contribution in [3.05, 3.63) is 0 Å². The van der Waals surface area contributed by atoms with Crippen molar-refractivity contribution < 1.29 is 13.3 Å². The Morgan fingerprint density at radius 2 is 1.62 bits per heavy atom. The van der Waals surface area contributed by atoms with Gasteiger partial charge in [-0.05, 0) is 0 Å². The van der Waals surface area contributed by atoms with Crippen LogP contribution in [0.1, 0.15) is 0 Å². The van der Waals surface area contributed by atoms with Crippen molar-refractivity contribution in [1.82, 2.24) is 0 Å². The van der Waals surface area contributed by atoms with Crippen molar-refractivity contribution in [2.45, 2.75) is 16.5 Å². The van der Waals surface area contributed by atoms with Gasteiger partial charge in [-0.1, -0.05) is 6.04 Å². The molecule has 0 bridgehead atoms. The molecule has 13 heavy (non-hydrogen) atoms. The van der Waals surface area contributed by atoms with E-state index < -0.39 is 8.80 Å². The molecule has 0 aromatic heterocycles. The lowest BCUT2D eigenvalue weighted by Gasteiger charge is -2.24. The van der Waals surface area contributed by atoms with Crippen molar-refractivity contribution in [3.63, 3.8) is 0 Å². The molecule has 0 atom stereocenters. The van der Waals surface area contributed by atoms with Crippen molar-refractivity contribution in [3.8, 4) is 0 Å². The molecule has 0 amide bonds. The first-order valence-electron chi connectivity index (χ1n) is 3.77. The van der Waals surface area contributed by atoms with E-state index in [0.717, 1.165) is 12.1 Å². The van der Waals surface area contributed by atoms with E-state index in [-0.39, 0.29) is 4.46 Å². The molecule has 2 radical (unpaired) electrons. The lowest BCUT2D eigenvalue weighted by Crippen LogP contribution is -2.42. The summed E-state index contributed by atoms with van der Waals surface area (Å²) in [7, 11) is 2.90. The maximum atomic E-state index is 5.61. The van der Waals surface area contributed by atoms with Crippen LogP contribution in [-0.4, -0.2) is 44.1 Å². The van der Waals surface area contributed by atoms with E-state index in [0.29, 0.717) is 9.52 Å². The Morgan fingerprint density at radius 1 is 1.15 bits per heavy atom. The topological polar surface area (TPSA) is 27.7 Å². The standard InChI is InChI=1S/C6H14Cl2O3Si2/c1-9-13(10-2,11-3)5-4-12-6(7)8/h6H,4-5H2,1-3H3. The van der Waals surface area contributed by atoms with Gasteiger partial charge in [-0.25, -0.2) is 0 Å². The van der Waals surface area contributed by atoms with Crippen LogP contribution in [0.2, 0.25) is 12.1 Å². The SMILES string of the molecule is CO[Si](CC[Si]C(Cl)Cl)(OC)OC. The highest BCUT2D eigenvalue weighted by atomic mass is 35.5. The summed E-state index contributed by atoms with van der Waals surface area (Å²) in [4.78, 5) is 0. The van der Waals surface area contributed by atoms with Crippen LogP contribution < -0.4 is 0 Å². The molecule has 0 aromatic rings. The molecule has 78 valence electrons. The molecule has 0 heterocycles. The summed E-state index contributed by atoms with van der Waals surface area (Å²) in [6.07, 6.45) is 0. The molecule has 0 aromatic carbocycles. The average molecular weight is 261 g/mol. The summed E-state index contributed by atoms with van der Waals surface area (Å²) >= 11 is 11.2. The fourth-order valence-corrected chi connectivity index (χ4v) is 4.68. The van der Waals surface area contributed by atoms with Crippen LogP contribution in [0.25, 0.3) is 0 Å². The van der Waals surface area contributed by atoms with Gasteiger partial charge >= 0.3 is 8.80 Å². The monoisotopic (exact) mass is 260 g/mol. The molecule has 7 heteroatoms. The van der Waals surface area contributed by atoms with E-state index >= 15 is 0 Å². The Bertz CT molecular complexity index is 125. The summed E-state index contributed by atoms with van der Waals surface area (Å²) in [5.74, 6) is 0. The molecule has 3 nitrogen and oxygen atoms in total. The van der Waals surface area contributed by atoms with Gasteiger partial charge in [-0.3, -0.25) is 0 Å². The smallest absolute Gasteiger partial charge is 0.377 e. The molecule has 0 aliphatic rings. The summed E-state index contributed by atoms with van der Waals surface area (Å²) in [6.45, 7) is 0. The van der Waals surface area contributed by atoms with E-state index in [1.165, 1.54) is 0 Å². The summed E-state index contributed by atoms with van der Waals surface area (Å²) in [5.41, 5.74) is 0. The fraction of sp³-hybridized carbons (Fsp3) is 1.00. The van der Waals surface area contributed by atoms with Crippen LogP contribution in [0, 0.1) is 0 Å². The largest absolute Gasteiger partial charge is 0.499 e. The van der Waals surface area contributed by atoms with Crippen LogP contribution in [-0.2, 0) is 13.3 Å². The second kappa shape index (κ2) is 7.22. The minimum Gasteiger partial charge on any atom is -0.377 e. The second-order valence-corrected chi connectivity index (χ2v) is 8.70. The van der Waals surface area contributed by atoms with Gasteiger partial charge in [0.15, 0.2) is 0 Å². The Hall–Kier alpha value is 0.894. The minimum atomic E-state index is -2.39. The zero-order valence-electron chi connectivity index (χ0n) is 7.97. The molecule has 0 rings (SSSR count). The molecule has 0 saturated carbocycles. The molecule has 0 N–H and O–H groups in total. The van der Waals surface area contributed by atoms with E-state index in [1.54, 1.807) is 21.3 Å². The first-order valence-corrected chi connectivity index (χ1v) is 7.86. The van der Waals surface area contributed by atoms with E-state index in [9.17, 15) is 0 Å². The van der Waals surface area contributed by atoms with Gasteiger partial charge in [0.2, 0.25) is 0 Å². The van der Waals surface area contributed by atoms with Crippen LogP contribution in [0.15, 0.2) is 0 Å². The number of hydrogen-bond acceptors (Lipinski definition) is 3. The van der Waals surface area contributed by atoms with E-state index in [1.807, 2.05) is 0 Å². The van der Waals surface area contributed by atoms with Crippen LogP contribution in [0.5, 0.6) is 0 Å².